The van der Waals surface area contributed by atoms with Gasteiger partial charge in [0.1, 0.15) is 0 Å². The van der Waals surface area contributed by atoms with Gasteiger partial charge in [-0.3, -0.25) is 9.59 Å². The minimum absolute atomic E-state index is 0.0388. The molecular weight excluding hydrogens is 280 g/mol. The van der Waals surface area contributed by atoms with E-state index in [4.69, 9.17) is 4.74 Å². The van der Waals surface area contributed by atoms with E-state index in [1.165, 1.54) is 59.2 Å². The first kappa shape index (κ1) is 20.7. The first-order valence-corrected chi connectivity index (χ1v) is 8.47. The normalized spacial score (nSPS) is 12.3. The second kappa shape index (κ2) is 14.6. The SMILES string of the molecule is CCCCCCCCCCC=CC(CC(=O)OC)C(=O)OC. The van der Waals surface area contributed by atoms with E-state index in [0.29, 0.717) is 0 Å². The van der Waals surface area contributed by atoms with E-state index in [2.05, 4.69) is 11.7 Å². The zero-order valence-electron chi connectivity index (χ0n) is 14.4. The van der Waals surface area contributed by atoms with Crippen LogP contribution in [0, 0.1) is 5.92 Å². The van der Waals surface area contributed by atoms with Crippen molar-refractivity contribution in [3.05, 3.63) is 12.2 Å². The average Bonchev–Trinajstić information content (AvgIpc) is 2.54. The molecule has 0 aliphatic carbocycles. The number of esters is 2. The van der Waals surface area contributed by atoms with E-state index in [-0.39, 0.29) is 6.42 Å². The summed E-state index contributed by atoms with van der Waals surface area (Å²) in [5.41, 5.74) is 0. The summed E-state index contributed by atoms with van der Waals surface area (Å²) >= 11 is 0. The molecule has 0 fully saturated rings. The second-order valence-electron chi connectivity index (χ2n) is 5.60. The summed E-state index contributed by atoms with van der Waals surface area (Å²) in [7, 11) is 2.65. The molecular formula is C18H32O4. The monoisotopic (exact) mass is 312 g/mol. The maximum atomic E-state index is 11.6. The van der Waals surface area contributed by atoms with Crippen LogP contribution in [-0.4, -0.2) is 26.2 Å². The number of carbonyl (C=O) groups excluding carboxylic acids is 2. The van der Waals surface area contributed by atoms with E-state index in [0.717, 1.165) is 12.8 Å². The highest BCUT2D eigenvalue weighted by molar-refractivity contribution is 5.81. The molecule has 0 amide bonds. The zero-order chi connectivity index (χ0) is 16.6. The molecule has 0 heterocycles. The third-order valence-corrected chi connectivity index (χ3v) is 3.71. The van der Waals surface area contributed by atoms with Gasteiger partial charge >= 0.3 is 11.9 Å². The van der Waals surface area contributed by atoms with Crippen molar-refractivity contribution in [1.29, 1.82) is 0 Å². The maximum Gasteiger partial charge on any atom is 0.313 e. The summed E-state index contributed by atoms with van der Waals surface area (Å²) in [5, 5.41) is 0. The molecule has 0 radical (unpaired) electrons. The third kappa shape index (κ3) is 11.4. The summed E-state index contributed by atoms with van der Waals surface area (Å²) in [4.78, 5) is 22.8. The average molecular weight is 312 g/mol. The van der Waals surface area contributed by atoms with Crippen LogP contribution in [0.15, 0.2) is 12.2 Å². The minimum atomic E-state index is -0.536. The first-order valence-electron chi connectivity index (χ1n) is 8.47. The first-order chi connectivity index (χ1) is 10.7. The minimum Gasteiger partial charge on any atom is -0.469 e. The number of unbranched alkanes of at least 4 members (excludes halogenated alkanes) is 8. The van der Waals surface area contributed by atoms with Gasteiger partial charge in [0.05, 0.1) is 26.6 Å². The Balaban J connectivity index is 3.81. The van der Waals surface area contributed by atoms with Gasteiger partial charge in [-0.2, -0.15) is 0 Å². The van der Waals surface area contributed by atoms with Gasteiger partial charge < -0.3 is 9.47 Å². The van der Waals surface area contributed by atoms with Gasteiger partial charge in [0.25, 0.3) is 0 Å². The van der Waals surface area contributed by atoms with Gasteiger partial charge in [0.15, 0.2) is 0 Å². The van der Waals surface area contributed by atoms with E-state index in [1.807, 2.05) is 6.08 Å². The van der Waals surface area contributed by atoms with E-state index in [1.54, 1.807) is 6.08 Å². The molecule has 22 heavy (non-hydrogen) atoms. The number of rotatable bonds is 13. The van der Waals surface area contributed by atoms with Crippen molar-refractivity contribution in [3.63, 3.8) is 0 Å². The highest BCUT2D eigenvalue weighted by atomic mass is 16.5. The highest BCUT2D eigenvalue weighted by Gasteiger charge is 2.19. The Bertz CT molecular complexity index is 323. The van der Waals surface area contributed by atoms with Crippen LogP contribution in [0.3, 0.4) is 0 Å². The molecule has 0 spiro atoms. The summed E-state index contributed by atoms with van der Waals surface area (Å²) in [6, 6.07) is 0. The van der Waals surface area contributed by atoms with Crippen molar-refractivity contribution >= 4 is 11.9 Å². The van der Waals surface area contributed by atoms with Gasteiger partial charge in [0, 0.05) is 0 Å². The topological polar surface area (TPSA) is 52.6 Å². The Hall–Kier alpha value is -1.32. The summed E-state index contributed by atoms with van der Waals surface area (Å²) in [5.74, 6) is -1.32. The molecule has 0 aromatic heterocycles. The van der Waals surface area contributed by atoms with E-state index >= 15 is 0 Å². The number of carbonyl (C=O) groups is 2. The van der Waals surface area contributed by atoms with Crippen molar-refractivity contribution < 1.29 is 19.1 Å². The van der Waals surface area contributed by atoms with Crippen LogP contribution in [0.5, 0.6) is 0 Å². The number of methoxy groups -OCH3 is 2. The summed E-state index contributed by atoms with van der Waals surface area (Å²) in [6.07, 6.45) is 15.0. The summed E-state index contributed by atoms with van der Waals surface area (Å²) in [6.45, 7) is 2.23. The predicted octanol–water partition coefficient (Wildman–Crippen LogP) is 4.43. The molecule has 4 heteroatoms. The molecule has 1 unspecified atom stereocenters. The van der Waals surface area contributed by atoms with Gasteiger partial charge in [-0.05, 0) is 12.8 Å². The fourth-order valence-corrected chi connectivity index (χ4v) is 2.30. The summed E-state index contributed by atoms with van der Waals surface area (Å²) < 4.78 is 9.30. The number of hydrogen-bond acceptors (Lipinski definition) is 4. The van der Waals surface area contributed by atoms with Crippen LogP contribution in [0.2, 0.25) is 0 Å². The van der Waals surface area contributed by atoms with Crippen LogP contribution < -0.4 is 0 Å². The lowest BCUT2D eigenvalue weighted by Gasteiger charge is -2.08. The molecule has 0 N–H and O–H groups in total. The van der Waals surface area contributed by atoms with Crippen molar-refractivity contribution in [2.45, 2.75) is 71.1 Å². The molecule has 0 aliphatic rings. The Morgan fingerprint density at radius 3 is 2.05 bits per heavy atom. The van der Waals surface area contributed by atoms with Crippen molar-refractivity contribution in [1.82, 2.24) is 0 Å². The highest BCUT2D eigenvalue weighted by Crippen LogP contribution is 2.12. The maximum absolute atomic E-state index is 11.6. The Labute approximate surface area is 135 Å². The Morgan fingerprint density at radius 1 is 0.909 bits per heavy atom. The molecule has 0 rings (SSSR count). The van der Waals surface area contributed by atoms with Crippen LogP contribution >= 0.6 is 0 Å². The molecule has 0 aromatic carbocycles. The molecule has 0 aromatic rings. The molecule has 1 atom stereocenters. The third-order valence-electron chi connectivity index (χ3n) is 3.71. The lowest BCUT2D eigenvalue weighted by atomic mass is 10.0. The number of hydrogen-bond donors (Lipinski definition) is 0. The second-order valence-corrected chi connectivity index (χ2v) is 5.60. The number of allylic oxidation sites excluding steroid dienone is 1. The molecule has 0 aliphatic heterocycles. The van der Waals surface area contributed by atoms with Crippen LogP contribution in [-0.2, 0) is 19.1 Å². The Morgan fingerprint density at radius 2 is 1.50 bits per heavy atom. The smallest absolute Gasteiger partial charge is 0.313 e. The number of ether oxygens (including phenoxy) is 2. The molecule has 4 nitrogen and oxygen atoms in total. The zero-order valence-corrected chi connectivity index (χ0v) is 14.4. The van der Waals surface area contributed by atoms with Gasteiger partial charge in [0.2, 0.25) is 0 Å². The van der Waals surface area contributed by atoms with E-state index in [9.17, 15) is 9.59 Å². The fourth-order valence-electron chi connectivity index (χ4n) is 2.30. The van der Waals surface area contributed by atoms with Crippen LogP contribution in [0.4, 0.5) is 0 Å². The van der Waals surface area contributed by atoms with Gasteiger partial charge in [-0.15, -0.1) is 0 Å². The van der Waals surface area contributed by atoms with Gasteiger partial charge in [-0.1, -0.05) is 64.0 Å². The van der Waals surface area contributed by atoms with Crippen molar-refractivity contribution in [3.8, 4) is 0 Å². The largest absolute Gasteiger partial charge is 0.469 e. The predicted molar refractivity (Wildman–Crippen MR) is 88.5 cm³/mol. The quantitative estimate of drug-likeness (QED) is 0.287. The van der Waals surface area contributed by atoms with Crippen LogP contribution in [0.1, 0.15) is 71.1 Å². The Kier molecular flexibility index (Phi) is 13.7. The van der Waals surface area contributed by atoms with Crippen molar-refractivity contribution in [2.24, 2.45) is 5.92 Å². The molecule has 128 valence electrons. The van der Waals surface area contributed by atoms with E-state index < -0.39 is 17.9 Å². The van der Waals surface area contributed by atoms with Crippen molar-refractivity contribution in [2.75, 3.05) is 14.2 Å². The lowest BCUT2D eigenvalue weighted by Crippen LogP contribution is -2.18. The van der Waals surface area contributed by atoms with Crippen LogP contribution in [0.25, 0.3) is 0 Å². The molecule has 0 saturated carbocycles. The standard InChI is InChI=1S/C18H32O4/c1-4-5-6-7-8-9-10-11-12-13-14-16(18(20)22-3)15-17(19)21-2/h13-14,16H,4-12,15H2,1-3H3. The molecule has 0 bridgehead atoms. The van der Waals surface area contributed by atoms with Gasteiger partial charge in [-0.25, -0.2) is 0 Å². The lowest BCUT2D eigenvalue weighted by molar-refractivity contribution is -0.150. The fraction of sp³-hybridized carbons (Fsp3) is 0.778. The molecule has 0 saturated heterocycles.